The zero-order chi connectivity index (χ0) is 10.4. The molecule has 1 aromatic heterocycles. The standard InChI is InChI=1S/C10H16N2O2/c1-3-4-5-6-11-10(13)9-7-12-14-8(9)2/h7H,3-6H2,1-2H3,(H,11,13). The van der Waals surface area contributed by atoms with Gasteiger partial charge in [-0.2, -0.15) is 0 Å². The average Bonchev–Trinajstić information content (AvgIpc) is 2.59. The van der Waals surface area contributed by atoms with E-state index in [1.54, 1.807) is 6.92 Å². The average molecular weight is 196 g/mol. The molecule has 1 amide bonds. The van der Waals surface area contributed by atoms with E-state index in [4.69, 9.17) is 4.52 Å². The number of nitrogens with zero attached hydrogens (tertiary/aromatic N) is 1. The van der Waals surface area contributed by atoms with Gasteiger partial charge < -0.3 is 9.84 Å². The third kappa shape index (κ3) is 2.87. The van der Waals surface area contributed by atoms with Gasteiger partial charge in [0, 0.05) is 6.54 Å². The third-order valence-electron chi connectivity index (χ3n) is 2.06. The maximum atomic E-state index is 11.5. The molecule has 0 aliphatic heterocycles. The first kappa shape index (κ1) is 10.8. The van der Waals surface area contributed by atoms with Gasteiger partial charge in [-0.25, -0.2) is 0 Å². The quantitative estimate of drug-likeness (QED) is 0.732. The Morgan fingerprint density at radius 1 is 1.57 bits per heavy atom. The van der Waals surface area contributed by atoms with E-state index in [-0.39, 0.29) is 5.91 Å². The molecule has 0 saturated heterocycles. The van der Waals surface area contributed by atoms with Crippen molar-refractivity contribution in [2.75, 3.05) is 6.54 Å². The molecule has 78 valence electrons. The van der Waals surface area contributed by atoms with Crippen molar-refractivity contribution in [2.45, 2.75) is 33.1 Å². The minimum atomic E-state index is -0.0974. The van der Waals surface area contributed by atoms with Crippen molar-refractivity contribution in [3.05, 3.63) is 17.5 Å². The highest BCUT2D eigenvalue weighted by atomic mass is 16.5. The van der Waals surface area contributed by atoms with E-state index in [1.807, 2.05) is 0 Å². The summed E-state index contributed by atoms with van der Waals surface area (Å²) in [6.07, 6.45) is 4.77. The van der Waals surface area contributed by atoms with Gasteiger partial charge in [0.25, 0.3) is 5.91 Å². The normalized spacial score (nSPS) is 10.1. The van der Waals surface area contributed by atoms with Crippen LogP contribution < -0.4 is 5.32 Å². The molecule has 4 heteroatoms. The van der Waals surface area contributed by atoms with Gasteiger partial charge in [0.1, 0.15) is 11.3 Å². The number of aromatic nitrogens is 1. The Morgan fingerprint density at radius 2 is 2.36 bits per heavy atom. The van der Waals surface area contributed by atoms with Crippen molar-refractivity contribution in [3.63, 3.8) is 0 Å². The largest absolute Gasteiger partial charge is 0.361 e. The smallest absolute Gasteiger partial charge is 0.256 e. The summed E-state index contributed by atoms with van der Waals surface area (Å²) in [6.45, 7) is 4.58. The number of hydrogen-bond acceptors (Lipinski definition) is 3. The van der Waals surface area contributed by atoms with Gasteiger partial charge in [-0.3, -0.25) is 4.79 Å². The molecule has 0 spiro atoms. The maximum absolute atomic E-state index is 11.5. The topological polar surface area (TPSA) is 55.1 Å². The highest BCUT2D eigenvalue weighted by Gasteiger charge is 2.11. The van der Waals surface area contributed by atoms with Gasteiger partial charge in [0.05, 0.1) is 6.20 Å². The number of aryl methyl sites for hydroxylation is 1. The molecule has 0 aromatic carbocycles. The Kier molecular flexibility index (Phi) is 4.16. The lowest BCUT2D eigenvalue weighted by Gasteiger charge is -2.02. The van der Waals surface area contributed by atoms with Crippen LogP contribution in [0.15, 0.2) is 10.7 Å². The van der Waals surface area contributed by atoms with E-state index in [0.717, 1.165) is 25.8 Å². The first-order valence-corrected chi connectivity index (χ1v) is 4.95. The molecule has 0 unspecified atom stereocenters. The van der Waals surface area contributed by atoms with Gasteiger partial charge in [0.15, 0.2) is 0 Å². The molecule has 0 fully saturated rings. The number of nitrogens with one attached hydrogen (secondary N) is 1. The Bertz CT molecular complexity index is 294. The number of rotatable bonds is 5. The second-order valence-corrected chi connectivity index (χ2v) is 3.26. The fourth-order valence-corrected chi connectivity index (χ4v) is 1.19. The van der Waals surface area contributed by atoms with Crippen LogP contribution in [0, 0.1) is 6.92 Å². The summed E-state index contributed by atoms with van der Waals surface area (Å²) in [7, 11) is 0. The molecule has 0 aliphatic rings. The predicted molar refractivity (Wildman–Crippen MR) is 53.1 cm³/mol. The summed E-state index contributed by atoms with van der Waals surface area (Å²) in [5.74, 6) is 0.470. The van der Waals surface area contributed by atoms with Crippen molar-refractivity contribution >= 4 is 5.91 Å². The van der Waals surface area contributed by atoms with Crippen molar-refractivity contribution < 1.29 is 9.32 Å². The minimum Gasteiger partial charge on any atom is -0.361 e. The molecule has 4 nitrogen and oxygen atoms in total. The molecule has 1 aromatic rings. The Morgan fingerprint density at radius 3 is 2.93 bits per heavy atom. The first-order valence-electron chi connectivity index (χ1n) is 4.95. The molecule has 0 atom stereocenters. The molecular weight excluding hydrogens is 180 g/mol. The van der Waals surface area contributed by atoms with E-state index in [1.165, 1.54) is 6.20 Å². The van der Waals surface area contributed by atoms with E-state index in [2.05, 4.69) is 17.4 Å². The number of carbonyl (C=O) groups is 1. The molecule has 0 aliphatic carbocycles. The van der Waals surface area contributed by atoms with Crippen LogP contribution >= 0.6 is 0 Å². The van der Waals surface area contributed by atoms with Crippen molar-refractivity contribution in [3.8, 4) is 0 Å². The summed E-state index contributed by atoms with van der Waals surface area (Å²) in [6, 6.07) is 0. The fourth-order valence-electron chi connectivity index (χ4n) is 1.19. The van der Waals surface area contributed by atoms with Crippen molar-refractivity contribution in [1.29, 1.82) is 0 Å². The second kappa shape index (κ2) is 5.42. The van der Waals surface area contributed by atoms with Gasteiger partial charge in [-0.05, 0) is 13.3 Å². The maximum Gasteiger partial charge on any atom is 0.256 e. The van der Waals surface area contributed by atoms with Crippen LogP contribution in [-0.2, 0) is 0 Å². The highest BCUT2D eigenvalue weighted by Crippen LogP contribution is 2.05. The van der Waals surface area contributed by atoms with Crippen LogP contribution in [0.1, 0.15) is 42.3 Å². The number of hydrogen-bond donors (Lipinski definition) is 1. The summed E-state index contributed by atoms with van der Waals surface area (Å²) in [5.41, 5.74) is 0.529. The van der Waals surface area contributed by atoms with Crippen LogP contribution in [0.5, 0.6) is 0 Å². The van der Waals surface area contributed by atoms with Crippen LogP contribution in [0.4, 0.5) is 0 Å². The number of carbonyl (C=O) groups excluding carboxylic acids is 1. The van der Waals surface area contributed by atoms with Crippen molar-refractivity contribution in [1.82, 2.24) is 10.5 Å². The summed E-state index contributed by atoms with van der Waals surface area (Å²) < 4.78 is 4.80. The lowest BCUT2D eigenvalue weighted by atomic mass is 10.2. The Hall–Kier alpha value is -1.32. The Balaban J connectivity index is 2.32. The van der Waals surface area contributed by atoms with E-state index in [9.17, 15) is 4.79 Å². The van der Waals surface area contributed by atoms with Gasteiger partial charge in [-0.1, -0.05) is 24.9 Å². The second-order valence-electron chi connectivity index (χ2n) is 3.26. The lowest BCUT2D eigenvalue weighted by molar-refractivity contribution is 0.0951. The highest BCUT2D eigenvalue weighted by molar-refractivity contribution is 5.94. The minimum absolute atomic E-state index is 0.0974. The zero-order valence-electron chi connectivity index (χ0n) is 8.67. The van der Waals surface area contributed by atoms with Crippen LogP contribution in [-0.4, -0.2) is 17.6 Å². The molecular formula is C10H16N2O2. The van der Waals surface area contributed by atoms with Crippen molar-refractivity contribution in [2.24, 2.45) is 0 Å². The number of unbranched alkanes of at least 4 members (excludes halogenated alkanes) is 2. The van der Waals surface area contributed by atoms with Gasteiger partial charge in [-0.15, -0.1) is 0 Å². The van der Waals surface area contributed by atoms with Gasteiger partial charge in [0.2, 0.25) is 0 Å². The van der Waals surface area contributed by atoms with Crippen LogP contribution in [0.2, 0.25) is 0 Å². The van der Waals surface area contributed by atoms with E-state index in [0.29, 0.717) is 11.3 Å². The molecule has 1 heterocycles. The SMILES string of the molecule is CCCCCNC(=O)c1cnoc1C. The predicted octanol–water partition coefficient (Wildman–Crippen LogP) is 1.90. The summed E-state index contributed by atoms with van der Waals surface area (Å²) >= 11 is 0. The molecule has 0 radical (unpaired) electrons. The molecule has 0 bridgehead atoms. The molecule has 1 N–H and O–H groups in total. The lowest BCUT2D eigenvalue weighted by Crippen LogP contribution is -2.24. The summed E-state index contributed by atoms with van der Waals surface area (Å²) in [4.78, 5) is 11.5. The molecule has 0 saturated carbocycles. The van der Waals surface area contributed by atoms with E-state index >= 15 is 0 Å². The summed E-state index contributed by atoms with van der Waals surface area (Å²) in [5, 5.41) is 6.37. The molecule has 14 heavy (non-hydrogen) atoms. The Labute approximate surface area is 83.7 Å². The van der Waals surface area contributed by atoms with Gasteiger partial charge >= 0.3 is 0 Å². The van der Waals surface area contributed by atoms with Crippen LogP contribution in [0.3, 0.4) is 0 Å². The monoisotopic (exact) mass is 196 g/mol. The zero-order valence-corrected chi connectivity index (χ0v) is 8.67. The number of amides is 1. The van der Waals surface area contributed by atoms with Crippen LogP contribution in [0.25, 0.3) is 0 Å². The van der Waals surface area contributed by atoms with E-state index < -0.39 is 0 Å². The molecule has 1 rings (SSSR count). The third-order valence-corrected chi connectivity index (χ3v) is 2.06. The fraction of sp³-hybridized carbons (Fsp3) is 0.600. The first-order chi connectivity index (χ1) is 6.75.